The van der Waals surface area contributed by atoms with Crippen LogP contribution in [0.1, 0.15) is 29.7 Å². The van der Waals surface area contributed by atoms with Crippen LogP contribution in [0.25, 0.3) is 22.0 Å². The van der Waals surface area contributed by atoms with E-state index in [9.17, 15) is 4.79 Å². The molecule has 2 heteroatoms. The summed E-state index contributed by atoms with van der Waals surface area (Å²) in [6, 6.07) is 16.5. The van der Waals surface area contributed by atoms with Crippen LogP contribution in [-0.2, 0) is 4.79 Å². The quantitative estimate of drug-likeness (QED) is 0.647. The molecule has 1 unspecified atom stereocenters. The van der Waals surface area contributed by atoms with Gasteiger partial charge >= 0.3 is 0 Å². The first-order valence-corrected chi connectivity index (χ1v) is 7.53. The second-order valence-electron chi connectivity index (χ2n) is 5.80. The molecule has 2 nitrogen and oxygen atoms in total. The third-order valence-corrected chi connectivity index (χ3v) is 4.09. The Kier molecular flexibility index (Phi) is 3.76. The molecule has 110 valence electrons. The van der Waals surface area contributed by atoms with Crippen molar-refractivity contribution in [3.05, 3.63) is 65.4 Å². The number of fused-ring (bicyclic) bond motifs is 1. The maximum atomic E-state index is 11.4. The van der Waals surface area contributed by atoms with Gasteiger partial charge in [0.15, 0.2) is 0 Å². The van der Waals surface area contributed by atoms with Gasteiger partial charge in [-0.2, -0.15) is 0 Å². The van der Waals surface area contributed by atoms with E-state index in [0.29, 0.717) is 0 Å². The summed E-state index contributed by atoms with van der Waals surface area (Å²) in [7, 11) is 0. The van der Waals surface area contributed by atoms with Crippen molar-refractivity contribution in [2.45, 2.75) is 26.7 Å². The number of benzene rings is 2. The fourth-order valence-corrected chi connectivity index (χ4v) is 3.06. The summed E-state index contributed by atoms with van der Waals surface area (Å²) >= 11 is 0. The van der Waals surface area contributed by atoms with Crippen LogP contribution in [0.15, 0.2) is 48.5 Å². The number of pyridine rings is 1. The van der Waals surface area contributed by atoms with Crippen molar-refractivity contribution in [1.82, 2.24) is 4.98 Å². The number of nitrogens with zero attached hydrogens (tertiary/aromatic N) is 1. The van der Waals surface area contributed by atoms with Crippen LogP contribution in [0.5, 0.6) is 0 Å². The van der Waals surface area contributed by atoms with E-state index in [1.54, 1.807) is 0 Å². The van der Waals surface area contributed by atoms with E-state index in [1.165, 1.54) is 5.56 Å². The highest BCUT2D eigenvalue weighted by molar-refractivity contribution is 5.98. The standard InChI is InChI=1S/C20H19NO/c1-13-9-10-18-17(11-13)20(16-7-5-4-6-8-16)19(14(2)12-22)15(3)21-18/h4-12,14H,1-3H3. The largest absolute Gasteiger partial charge is 0.303 e. The Morgan fingerprint density at radius 1 is 1.05 bits per heavy atom. The van der Waals surface area contributed by atoms with E-state index in [4.69, 9.17) is 4.98 Å². The summed E-state index contributed by atoms with van der Waals surface area (Å²) in [6.07, 6.45) is 0.998. The Labute approximate surface area is 130 Å². The Morgan fingerprint density at radius 2 is 1.77 bits per heavy atom. The number of aryl methyl sites for hydroxylation is 2. The van der Waals surface area contributed by atoms with Gasteiger partial charge < -0.3 is 4.79 Å². The number of carbonyl (C=O) groups is 1. The van der Waals surface area contributed by atoms with Gasteiger partial charge in [-0.05, 0) is 42.7 Å². The SMILES string of the molecule is Cc1ccc2nc(C)c(C(C)C=O)c(-c3ccccc3)c2c1. The molecule has 0 fully saturated rings. The highest BCUT2D eigenvalue weighted by atomic mass is 16.1. The molecule has 1 heterocycles. The Balaban J connectivity index is 2.47. The van der Waals surface area contributed by atoms with Crippen molar-refractivity contribution in [2.24, 2.45) is 0 Å². The molecule has 0 saturated carbocycles. The minimum absolute atomic E-state index is 0.174. The lowest BCUT2D eigenvalue weighted by atomic mass is 9.88. The van der Waals surface area contributed by atoms with Crippen LogP contribution >= 0.6 is 0 Å². The highest BCUT2D eigenvalue weighted by Crippen LogP contribution is 2.36. The van der Waals surface area contributed by atoms with Gasteiger partial charge in [-0.3, -0.25) is 4.98 Å². The van der Waals surface area contributed by atoms with Gasteiger partial charge in [0.05, 0.1) is 5.52 Å². The van der Waals surface area contributed by atoms with Crippen molar-refractivity contribution in [2.75, 3.05) is 0 Å². The molecule has 3 aromatic rings. The molecule has 3 rings (SSSR count). The zero-order valence-corrected chi connectivity index (χ0v) is 13.1. The summed E-state index contributed by atoms with van der Waals surface area (Å²) < 4.78 is 0. The van der Waals surface area contributed by atoms with Gasteiger partial charge in [0.1, 0.15) is 6.29 Å². The smallest absolute Gasteiger partial charge is 0.127 e. The Bertz CT molecular complexity index is 837. The van der Waals surface area contributed by atoms with Crippen LogP contribution in [0, 0.1) is 13.8 Å². The van der Waals surface area contributed by atoms with Crippen LogP contribution in [0.3, 0.4) is 0 Å². The second kappa shape index (κ2) is 5.72. The zero-order valence-electron chi connectivity index (χ0n) is 13.1. The first kappa shape index (κ1) is 14.5. The topological polar surface area (TPSA) is 30.0 Å². The van der Waals surface area contributed by atoms with Crippen molar-refractivity contribution < 1.29 is 4.79 Å². The fraction of sp³-hybridized carbons (Fsp3) is 0.200. The lowest BCUT2D eigenvalue weighted by molar-refractivity contribution is -0.108. The average Bonchev–Trinajstić information content (AvgIpc) is 2.54. The zero-order chi connectivity index (χ0) is 15.7. The van der Waals surface area contributed by atoms with Gasteiger partial charge in [0.2, 0.25) is 0 Å². The monoisotopic (exact) mass is 289 g/mol. The van der Waals surface area contributed by atoms with Gasteiger partial charge in [0.25, 0.3) is 0 Å². The molecule has 0 aliphatic rings. The maximum Gasteiger partial charge on any atom is 0.127 e. The van der Waals surface area contributed by atoms with E-state index < -0.39 is 0 Å². The average molecular weight is 289 g/mol. The van der Waals surface area contributed by atoms with E-state index in [0.717, 1.165) is 39.6 Å². The lowest BCUT2D eigenvalue weighted by Gasteiger charge is -2.18. The molecule has 0 radical (unpaired) electrons. The van der Waals surface area contributed by atoms with Gasteiger partial charge in [-0.15, -0.1) is 0 Å². The summed E-state index contributed by atoms with van der Waals surface area (Å²) in [5, 5.41) is 1.11. The molecule has 2 aromatic carbocycles. The second-order valence-corrected chi connectivity index (χ2v) is 5.80. The lowest BCUT2D eigenvalue weighted by Crippen LogP contribution is -2.04. The molecule has 22 heavy (non-hydrogen) atoms. The van der Waals surface area contributed by atoms with Gasteiger partial charge in [-0.25, -0.2) is 0 Å². The number of carbonyl (C=O) groups excluding carboxylic acids is 1. The maximum absolute atomic E-state index is 11.4. The minimum atomic E-state index is -0.174. The van der Waals surface area contributed by atoms with E-state index in [2.05, 4.69) is 37.3 Å². The van der Waals surface area contributed by atoms with E-state index in [1.807, 2.05) is 32.0 Å². The van der Waals surface area contributed by atoms with Crippen molar-refractivity contribution in [3.63, 3.8) is 0 Å². The summed E-state index contributed by atoms with van der Waals surface area (Å²) in [5.41, 5.74) is 6.39. The normalized spacial score (nSPS) is 12.3. The predicted octanol–water partition coefficient (Wildman–Crippen LogP) is 4.82. The van der Waals surface area contributed by atoms with Gasteiger partial charge in [-0.1, -0.05) is 48.9 Å². The number of rotatable bonds is 3. The third-order valence-electron chi connectivity index (χ3n) is 4.09. The molecule has 0 N–H and O–H groups in total. The van der Waals surface area contributed by atoms with E-state index in [-0.39, 0.29) is 5.92 Å². The van der Waals surface area contributed by atoms with Crippen molar-refractivity contribution in [1.29, 1.82) is 0 Å². The molecule has 0 spiro atoms. The summed E-state index contributed by atoms with van der Waals surface area (Å²) in [6.45, 7) is 6.00. The minimum Gasteiger partial charge on any atom is -0.303 e. The number of hydrogen-bond donors (Lipinski definition) is 0. The van der Waals surface area contributed by atoms with Crippen LogP contribution < -0.4 is 0 Å². The fourth-order valence-electron chi connectivity index (χ4n) is 3.06. The first-order chi connectivity index (χ1) is 10.6. The summed E-state index contributed by atoms with van der Waals surface area (Å²) in [5.74, 6) is -0.174. The number of hydrogen-bond acceptors (Lipinski definition) is 2. The molecule has 1 atom stereocenters. The molecule has 0 bridgehead atoms. The van der Waals surface area contributed by atoms with Gasteiger partial charge in [0, 0.05) is 17.0 Å². The summed E-state index contributed by atoms with van der Waals surface area (Å²) in [4.78, 5) is 16.1. The van der Waals surface area contributed by atoms with Crippen LogP contribution in [-0.4, -0.2) is 11.3 Å². The Morgan fingerprint density at radius 3 is 2.45 bits per heavy atom. The Hall–Kier alpha value is -2.48. The molecule has 0 aliphatic heterocycles. The third kappa shape index (κ3) is 2.41. The molecule has 0 amide bonds. The van der Waals surface area contributed by atoms with Crippen molar-refractivity contribution >= 4 is 17.2 Å². The van der Waals surface area contributed by atoms with Crippen LogP contribution in [0.2, 0.25) is 0 Å². The molecule has 0 saturated heterocycles. The molecule has 1 aromatic heterocycles. The van der Waals surface area contributed by atoms with E-state index >= 15 is 0 Å². The van der Waals surface area contributed by atoms with Crippen molar-refractivity contribution in [3.8, 4) is 11.1 Å². The first-order valence-electron chi connectivity index (χ1n) is 7.53. The number of aromatic nitrogens is 1. The molecular formula is C20H19NO. The molecule has 0 aliphatic carbocycles. The highest BCUT2D eigenvalue weighted by Gasteiger charge is 2.18. The molecular weight excluding hydrogens is 270 g/mol. The number of aldehydes is 1. The van der Waals surface area contributed by atoms with Crippen LogP contribution in [0.4, 0.5) is 0 Å². The predicted molar refractivity (Wildman–Crippen MR) is 91.1 cm³/mol.